The number of rotatable bonds is 11. The van der Waals surface area contributed by atoms with Crippen LogP contribution < -0.4 is 4.74 Å². The van der Waals surface area contributed by atoms with Crippen molar-refractivity contribution >= 4 is 5.97 Å². The molecule has 0 aromatic heterocycles. The first-order chi connectivity index (χ1) is 14.0. The van der Waals surface area contributed by atoms with E-state index in [2.05, 4.69) is 12.2 Å². The Hall–Kier alpha value is -2.18. The fourth-order valence-corrected chi connectivity index (χ4v) is 4.15. The lowest BCUT2D eigenvalue weighted by Gasteiger charge is -2.25. The van der Waals surface area contributed by atoms with Crippen molar-refractivity contribution in [1.82, 2.24) is 0 Å². The van der Waals surface area contributed by atoms with Crippen LogP contribution in [0, 0.1) is 17.7 Å². The van der Waals surface area contributed by atoms with E-state index in [9.17, 15) is 14.3 Å². The zero-order valence-electron chi connectivity index (χ0n) is 16.5. The van der Waals surface area contributed by atoms with Crippen molar-refractivity contribution < 1.29 is 28.9 Å². The van der Waals surface area contributed by atoms with Gasteiger partial charge in [0.2, 0.25) is 0 Å². The van der Waals surface area contributed by atoms with Crippen LogP contribution in [0.25, 0.3) is 0 Å². The van der Waals surface area contributed by atoms with Gasteiger partial charge in [0.05, 0.1) is 12.2 Å². The molecule has 0 spiro atoms. The number of unbranched alkanes of at least 4 members (excludes halogenated alkanes) is 1. The van der Waals surface area contributed by atoms with Crippen molar-refractivity contribution in [3.63, 3.8) is 0 Å². The molecule has 2 bridgehead atoms. The van der Waals surface area contributed by atoms with E-state index in [0.29, 0.717) is 18.1 Å². The summed E-state index contributed by atoms with van der Waals surface area (Å²) in [6.45, 7) is 0.109. The molecule has 2 saturated heterocycles. The van der Waals surface area contributed by atoms with Crippen molar-refractivity contribution in [3.8, 4) is 5.75 Å². The molecule has 1 aromatic rings. The van der Waals surface area contributed by atoms with Gasteiger partial charge in [-0.15, -0.1) is 0 Å². The highest BCUT2D eigenvalue weighted by Crippen LogP contribution is 2.45. The topological polar surface area (TPSA) is 76.0 Å². The van der Waals surface area contributed by atoms with Gasteiger partial charge in [-0.3, -0.25) is 4.79 Å². The van der Waals surface area contributed by atoms with Crippen LogP contribution in [0.4, 0.5) is 4.39 Å². The number of carboxylic acids is 1. The zero-order chi connectivity index (χ0) is 20.6. The SMILES string of the molecule is O=C(O)CCC/C=C/C[C@@H]1C(/C=C/[C@@H](O)COc2ccc(F)cc2)[C@@H]2CC[C@H]1O2. The molecule has 3 rings (SSSR count). The first-order valence-corrected chi connectivity index (χ1v) is 10.3. The van der Waals surface area contributed by atoms with Crippen molar-refractivity contribution in [1.29, 1.82) is 0 Å². The quantitative estimate of drug-likeness (QED) is 0.429. The average Bonchev–Trinajstić information content (AvgIpc) is 3.30. The largest absolute Gasteiger partial charge is 0.491 e. The summed E-state index contributed by atoms with van der Waals surface area (Å²) in [6, 6.07) is 5.72. The molecule has 0 radical (unpaired) electrons. The van der Waals surface area contributed by atoms with Gasteiger partial charge in [0.25, 0.3) is 0 Å². The highest BCUT2D eigenvalue weighted by atomic mass is 19.1. The predicted octanol–water partition coefficient (Wildman–Crippen LogP) is 4.12. The minimum absolute atomic E-state index is 0.109. The van der Waals surface area contributed by atoms with Crippen LogP contribution in [0.2, 0.25) is 0 Å². The normalized spacial score (nSPS) is 27.1. The molecule has 0 saturated carbocycles. The van der Waals surface area contributed by atoms with Gasteiger partial charge in [-0.05, 0) is 62.3 Å². The Morgan fingerprint density at radius 1 is 1.24 bits per heavy atom. The molecule has 2 heterocycles. The number of aliphatic hydroxyl groups excluding tert-OH is 1. The standard InChI is InChI=1S/C23H29FO5/c24-16-7-10-18(11-8-16)28-15-17(25)9-12-20-19(21-13-14-22(20)29-21)5-3-1-2-4-6-23(26)27/h1,3,7-12,17,19-22,25H,2,4-6,13-15H2,(H,26,27)/b3-1+,12-9+/t17-,19-,20?,21-,22+/m1/s1. The molecule has 2 aliphatic heterocycles. The first-order valence-electron chi connectivity index (χ1n) is 10.3. The summed E-state index contributed by atoms with van der Waals surface area (Å²) >= 11 is 0. The van der Waals surface area contributed by atoms with Gasteiger partial charge < -0.3 is 19.7 Å². The Morgan fingerprint density at radius 3 is 2.76 bits per heavy atom. The van der Waals surface area contributed by atoms with E-state index < -0.39 is 12.1 Å². The van der Waals surface area contributed by atoms with Crippen molar-refractivity contribution in [2.24, 2.45) is 11.8 Å². The molecule has 5 atom stereocenters. The Bertz CT molecular complexity index is 714. The number of carbonyl (C=O) groups is 1. The molecule has 2 aliphatic rings. The highest BCUT2D eigenvalue weighted by molar-refractivity contribution is 5.66. The number of aliphatic carboxylic acids is 1. The number of hydrogen-bond acceptors (Lipinski definition) is 4. The van der Waals surface area contributed by atoms with Gasteiger partial charge in [0.1, 0.15) is 24.3 Å². The van der Waals surface area contributed by atoms with Gasteiger partial charge in [-0.25, -0.2) is 4.39 Å². The van der Waals surface area contributed by atoms with Crippen LogP contribution in [0.5, 0.6) is 5.75 Å². The molecule has 2 N–H and O–H groups in total. The smallest absolute Gasteiger partial charge is 0.303 e. The number of aliphatic hydroxyl groups is 1. The second-order valence-corrected chi connectivity index (χ2v) is 7.74. The van der Waals surface area contributed by atoms with Crippen LogP contribution in [0.1, 0.15) is 38.5 Å². The second-order valence-electron chi connectivity index (χ2n) is 7.74. The van der Waals surface area contributed by atoms with E-state index in [1.807, 2.05) is 6.08 Å². The van der Waals surface area contributed by atoms with Crippen LogP contribution in [0.15, 0.2) is 48.6 Å². The average molecular weight is 404 g/mol. The molecule has 0 aliphatic carbocycles. The van der Waals surface area contributed by atoms with Crippen LogP contribution in [-0.4, -0.2) is 41.1 Å². The summed E-state index contributed by atoms with van der Waals surface area (Å²) in [5.41, 5.74) is 0. The number of benzene rings is 1. The van der Waals surface area contributed by atoms with E-state index in [1.165, 1.54) is 24.3 Å². The molecular weight excluding hydrogens is 375 g/mol. The molecule has 158 valence electrons. The number of halogens is 1. The van der Waals surface area contributed by atoms with Crippen molar-refractivity contribution in [2.75, 3.05) is 6.61 Å². The summed E-state index contributed by atoms with van der Waals surface area (Å²) in [5.74, 6) is 0.0833. The van der Waals surface area contributed by atoms with Gasteiger partial charge in [0.15, 0.2) is 0 Å². The summed E-state index contributed by atoms with van der Waals surface area (Å²) in [6.07, 6.45) is 12.3. The van der Waals surface area contributed by atoms with Gasteiger partial charge in [-0.1, -0.05) is 24.3 Å². The minimum atomic E-state index is -0.757. The Balaban J connectivity index is 1.46. The summed E-state index contributed by atoms with van der Waals surface area (Å²) in [7, 11) is 0. The van der Waals surface area contributed by atoms with E-state index in [4.69, 9.17) is 14.6 Å². The molecule has 2 fully saturated rings. The van der Waals surface area contributed by atoms with Crippen molar-refractivity contribution in [3.05, 3.63) is 54.4 Å². The van der Waals surface area contributed by atoms with Gasteiger partial charge in [-0.2, -0.15) is 0 Å². The molecule has 6 heteroatoms. The number of carboxylic acid groups (broad SMARTS) is 1. The fraction of sp³-hybridized carbons (Fsp3) is 0.522. The Kier molecular flexibility index (Phi) is 7.83. The van der Waals surface area contributed by atoms with Crippen LogP contribution in [-0.2, 0) is 9.53 Å². The molecule has 1 aromatic carbocycles. The molecule has 5 nitrogen and oxygen atoms in total. The summed E-state index contributed by atoms with van der Waals surface area (Å²) in [5, 5.41) is 18.9. The second kappa shape index (κ2) is 10.6. The Labute approximate surface area is 170 Å². The summed E-state index contributed by atoms with van der Waals surface area (Å²) in [4.78, 5) is 10.5. The number of hydrogen-bond donors (Lipinski definition) is 2. The lowest BCUT2D eigenvalue weighted by Crippen LogP contribution is -2.26. The third kappa shape index (κ3) is 6.41. The maximum Gasteiger partial charge on any atom is 0.303 e. The van der Waals surface area contributed by atoms with Gasteiger partial charge >= 0.3 is 5.97 Å². The van der Waals surface area contributed by atoms with Gasteiger partial charge in [0, 0.05) is 12.3 Å². The highest BCUT2D eigenvalue weighted by Gasteiger charge is 2.46. The number of ether oxygens (including phenoxy) is 2. The molecule has 0 amide bonds. The van der Waals surface area contributed by atoms with E-state index in [-0.39, 0.29) is 37.0 Å². The third-order valence-corrected chi connectivity index (χ3v) is 5.61. The molecule has 1 unspecified atom stereocenters. The fourth-order valence-electron chi connectivity index (χ4n) is 4.15. The van der Waals surface area contributed by atoms with E-state index in [0.717, 1.165) is 25.7 Å². The zero-order valence-corrected chi connectivity index (χ0v) is 16.5. The lowest BCUT2D eigenvalue weighted by molar-refractivity contribution is -0.137. The molecule has 29 heavy (non-hydrogen) atoms. The predicted molar refractivity (Wildman–Crippen MR) is 107 cm³/mol. The monoisotopic (exact) mass is 404 g/mol. The van der Waals surface area contributed by atoms with E-state index in [1.54, 1.807) is 6.08 Å². The van der Waals surface area contributed by atoms with E-state index >= 15 is 0 Å². The third-order valence-electron chi connectivity index (χ3n) is 5.61. The summed E-state index contributed by atoms with van der Waals surface area (Å²) < 4.78 is 24.5. The maximum atomic E-state index is 12.9. The number of fused-ring (bicyclic) bond motifs is 2. The first kappa shape index (κ1) is 21.5. The minimum Gasteiger partial charge on any atom is -0.491 e. The maximum absolute atomic E-state index is 12.9. The van der Waals surface area contributed by atoms with Crippen molar-refractivity contribution in [2.45, 2.75) is 56.8 Å². The van der Waals surface area contributed by atoms with Crippen LogP contribution in [0.3, 0.4) is 0 Å². The molecular formula is C23H29FO5. The van der Waals surface area contributed by atoms with Crippen LogP contribution >= 0.6 is 0 Å². The lowest BCUT2D eigenvalue weighted by atomic mass is 9.77. The Morgan fingerprint density at radius 2 is 2.00 bits per heavy atom. The number of allylic oxidation sites excluding steroid dienone is 2.